The lowest BCUT2D eigenvalue weighted by molar-refractivity contribution is 0.0512. The van der Waals surface area contributed by atoms with Crippen LogP contribution < -0.4 is 19.3 Å². The van der Waals surface area contributed by atoms with Crippen LogP contribution in [0.15, 0.2) is 36.4 Å². The molecule has 1 aliphatic carbocycles. The summed E-state index contributed by atoms with van der Waals surface area (Å²) < 4.78 is 17.6. The van der Waals surface area contributed by atoms with E-state index < -0.39 is 12.1 Å². The molecule has 2 saturated heterocycles. The molecule has 7 rings (SSSR count). The minimum Gasteiger partial charge on any atom is -0.467 e. The highest BCUT2D eigenvalue weighted by molar-refractivity contribution is 5.95. The highest BCUT2D eigenvalue weighted by Gasteiger charge is 2.49. The molecule has 4 aliphatic rings. The molecule has 13 nitrogen and oxygen atoms in total. The highest BCUT2D eigenvalue weighted by Crippen LogP contribution is 2.43. The molecule has 1 amide bonds. The van der Waals surface area contributed by atoms with E-state index >= 15 is 0 Å². The van der Waals surface area contributed by atoms with E-state index in [0.29, 0.717) is 45.2 Å². The standard InChI is InChI=1S/C35H44N8O5/c1-39-13-16-42(17-14-39)35(9-10-35)23-47-33-37-30-22-40(31-20-27(48-24-46-2)19-25-5-3-4-6-28(25)31)12-8-29(30)32(38-33)41-15-18-43(34(44)45)26(21-41)7-11-36/h3-6,19-20,26H,7-10,12-18,21-24H2,1-2H3,(H,44,45). The SMILES string of the molecule is COCOc1cc(N2CCc3c(nc(OCC4(N5CCN(C)CC5)CC4)nc3N3CCN(C(=O)O)C(CC#N)C3)C2)c2ccccc2c1. The minimum absolute atomic E-state index is 0.0271. The highest BCUT2D eigenvalue weighted by atomic mass is 16.7. The van der Waals surface area contributed by atoms with E-state index in [0.717, 1.165) is 84.9 Å². The fraction of sp³-hybridized carbons (Fsp3) is 0.543. The quantitative estimate of drug-likeness (QED) is 0.321. The Morgan fingerprint density at radius 1 is 1.04 bits per heavy atom. The first-order valence-electron chi connectivity index (χ1n) is 16.8. The molecule has 13 heteroatoms. The molecule has 0 spiro atoms. The number of aromatic nitrogens is 2. The Bertz CT molecular complexity index is 1690. The number of piperazine rings is 2. The second kappa shape index (κ2) is 13.6. The van der Waals surface area contributed by atoms with Gasteiger partial charge in [0, 0.05) is 82.2 Å². The van der Waals surface area contributed by atoms with Gasteiger partial charge in [-0.3, -0.25) is 4.90 Å². The molecule has 0 radical (unpaired) electrons. The number of nitriles is 1. The lowest BCUT2D eigenvalue weighted by Gasteiger charge is -2.41. The summed E-state index contributed by atoms with van der Waals surface area (Å²) in [6, 6.07) is 14.5. The summed E-state index contributed by atoms with van der Waals surface area (Å²) in [5.41, 5.74) is 3.03. The van der Waals surface area contributed by atoms with Gasteiger partial charge in [-0.1, -0.05) is 24.3 Å². The van der Waals surface area contributed by atoms with Crippen LogP contribution in [0.5, 0.6) is 11.8 Å². The lowest BCUT2D eigenvalue weighted by atomic mass is 10.0. The smallest absolute Gasteiger partial charge is 0.407 e. The Labute approximate surface area is 281 Å². The normalized spacial score (nSPS) is 21.1. The van der Waals surface area contributed by atoms with E-state index in [2.05, 4.69) is 50.9 Å². The number of hydrogen-bond donors (Lipinski definition) is 1. The molecule has 1 N–H and O–H groups in total. The van der Waals surface area contributed by atoms with Crippen molar-refractivity contribution in [3.05, 3.63) is 47.7 Å². The van der Waals surface area contributed by atoms with Crippen LogP contribution in [0.1, 0.15) is 30.5 Å². The van der Waals surface area contributed by atoms with Crippen LogP contribution in [0.3, 0.4) is 0 Å². The number of amides is 1. The second-order valence-corrected chi connectivity index (χ2v) is 13.4. The Hall–Kier alpha value is -4.38. The Morgan fingerprint density at radius 3 is 2.60 bits per heavy atom. The van der Waals surface area contributed by atoms with Crippen molar-refractivity contribution in [2.75, 3.05) is 89.7 Å². The van der Waals surface area contributed by atoms with Crippen molar-refractivity contribution in [1.29, 1.82) is 5.26 Å². The first-order chi connectivity index (χ1) is 23.4. The van der Waals surface area contributed by atoms with E-state index in [4.69, 9.17) is 24.2 Å². The van der Waals surface area contributed by atoms with E-state index in [1.807, 2.05) is 18.2 Å². The van der Waals surface area contributed by atoms with E-state index in [1.165, 1.54) is 4.90 Å². The zero-order valence-electron chi connectivity index (χ0n) is 27.8. The molecule has 1 aromatic heterocycles. The molecule has 3 aliphatic heterocycles. The molecule has 0 bridgehead atoms. The number of methoxy groups -OCH3 is 1. The van der Waals surface area contributed by atoms with Gasteiger partial charge >= 0.3 is 12.1 Å². The molecule has 1 unspecified atom stereocenters. The maximum Gasteiger partial charge on any atom is 0.407 e. The molecular weight excluding hydrogens is 612 g/mol. The largest absolute Gasteiger partial charge is 0.467 e. The molecule has 3 fully saturated rings. The second-order valence-electron chi connectivity index (χ2n) is 13.4. The molecule has 4 heterocycles. The van der Waals surface area contributed by atoms with Gasteiger partial charge in [0.1, 0.15) is 18.2 Å². The predicted molar refractivity (Wildman–Crippen MR) is 181 cm³/mol. The van der Waals surface area contributed by atoms with Crippen LogP contribution in [0.4, 0.5) is 16.3 Å². The van der Waals surface area contributed by atoms with E-state index in [9.17, 15) is 15.2 Å². The van der Waals surface area contributed by atoms with Gasteiger partial charge in [-0.05, 0) is 37.8 Å². The fourth-order valence-corrected chi connectivity index (χ4v) is 7.41. The summed E-state index contributed by atoms with van der Waals surface area (Å²) in [4.78, 5) is 32.8. The average molecular weight is 657 g/mol. The summed E-state index contributed by atoms with van der Waals surface area (Å²) in [5, 5.41) is 21.5. The topological polar surface area (TPSA) is 131 Å². The summed E-state index contributed by atoms with van der Waals surface area (Å²) >= 11 is 0. The Balaban J connectivity index is 1.21. The van der Waals surface area contributed by atoms with E-state index in [1.54, 1.807) is 7.11 Å². The van der Waals surface area contributed by atoms with Crippen molar-refractivity contribution in [2.24, 2.45) is 0 Å². The molecule has 3 aromatic rings. The monoisotopic (exact) mass is 656 g/mol. The van der Waals surface area contributed by atoms with Gasteiger partial charge in [-0.15, -0.1) is 0 Å². The van der Waals surface area contributed by atoms with Gasteiger partial charge in [0.25, 0.3) is 0 Å². The average Bonchev–Trinajstić information content (AvgIpc) is 3.90. The summed E-state index contributed by atoms with van der Waals surface area (Å²) in [6.45, 7) is 7.32. The maximum absolute atomic E-state index is 12.0. The van der Waals surface area contributed by atoms with Crippen molar-refractivity contribution in [1.82, 2.24) is 24.7 Å². The molecule has 1 atom stereocenters. The third-order valence-corrected chi connectivity index (χ3v) is 10.3. The van der Waals surface area contributed by atoms with Crippen LogP contribution in [-0.4, -0.2) is 127 Å². The summed E-state index contributed by atoms with van der Waals surface area (Å²) in [6.07, 6.45) is 2.03. The maximum atomic E-state index is 12.0. The van der Waals surface area contributed by atoms with Crippen molar-refractivity contribution >= 4 is 28.4 Å². The molecule has 1 saturated carbocycles. The minimum atomic E-state index is -0.998. The van der Waals surface area contributed by atoms with Gasteiger partial charge in [0.2, 0.25) is 0 Å². The summed E-state index contributed by atoms with van der Waals surface area (Å²) in [5.74, 6) is 1.52. The van der Waals surface area contributed by atoms with Crippen molar-refractivity contribution in [3.63, 3.8) is 0 Å². The number of carbonyl (C=O) groups is 1. The van der Waals surface area contributed by atoms with Crippen molar-refractivity contribution < 1.29 is 24.1 Å². The van der Waals surface area contributed by atoms with Crippen LogP contribution >= 0.6 is 0 Å². The zero-order chi connectivity index (χ0) is 33.3. The van der Waals surface area contributed by atoms with Crippen LogP contribution in [0.25, 0.3) is 10.8 Å². The van der Waals surface area contributed by atoms with Gasteiger partial charge in [0.15, 0.2) is 6.79 Å². The lowest BCUT2D eigenvalue weighted by Crippen LogP contribution is -2.55. The number of benzene rings is 2. The number of nitrogens with zero attached hydrogens (tertiary/aromatic N) is 8. The first-order valence-corrected chi connectivity index (χ1v) is 16.8. The van der Waals surface area contributed by atoms with Gasteiger partial charge in [0.05, 0.1) is 36.3 Å². The van der Waals surface area contributed by atoms with E-state index in [-0.39, 0.29) is 18.8 Å². The number of ether oxygens (including phenoxy) is 3. The third-order valence-electron chi connectivity index (χ3n) is 10.3. The van der Waals surface area contributed by atoms with Crippen molar-refractivity contribution in [2.45, 2.75) is 43.8 Å². The Morgan fingerprint density at radius 2 is 1.85 bits per heavy atom. The van der Waals surface area contributed by atoms with Crippen molar-refractivity contribution in [3.8, 4) is 17.8 Å². The van der Waals surface area contributed by atoms with Gasteiger partial charge < -0.3 is 38.9 Å². The van der Waals surface area contributed by atoms with Gasteiger partial charge in [-0.2, -0.15) is 15.2 Å². The molecule has 2 aromatic carbocycles. The molecule has 48 heavy (non-hydrogen) atoms. The Kier molecular flexibility index (Phi) is 9.13. The fourth-order valence-electron chi connectivity index (χ4n) is 7.41. The predicted octanol–water partition coefficient (Wildman–Crippen LogP) is 3.42. The number of likely N-dealkylation sites (N-methyl/N-ethyl adjacent to an activating group) is 1. The number of rotatable bonds is 10. The number of carboxylic acid groups (broad SMARTS) is 1. The zero-order valence-corrected chi connectivity index (χ0v) is 27.8. The van der Waals surface area contributed by atoms with Gasteiger partial charge in [-0.25, -0.2) is 4.79 Å². The third kappa shape index (κ3) is 6.52. The van der Waals surface area contributed by atoms with Crippen LogP contribution in [-0.2, 0) is 17.7 Å². The van der Waals surface area contributed by atoms with Crippen LogP contribution in [0, 0.1) is 11.3 Å². The van der Waals surface area contributed by atoms with Crippen LogP contribution in [0.2, 0.25) is 0 Å². The first kappa shape index (κ1) is 32.2. The number of anilines is 2. The molecule has 254 valence electrons. The number of hydrogen-bond acceptors (Lipinski definition) is 11. The molecular formula is C35H44N8O5. The number of fused-ring (bicyclic) bond motifs is 2. The summed E-state index contributed by atoms with van der Waals surface area (Å²) in [7, 11) is 3.78.